The molecule has 98 valence electrons. The summed E-state index contributed by atoms with van der Waals surface area (Å²) in [6, 6.07) is 7.18. The molecule has 3 N–H and O–H groups in total. The molecule has 2 aromatic rings. The number of benzene rings is 1. The molecule has 1 heterocycles. The number of hydrogen-bond donors (Lipinski definition) is 2. The number of nitrogens with zero attached hydrogens (tertiary/aromatic N) is 1. The van der Waals surface area contributed by atoms with Gasteiger partial charge in [0, 0.05) is 10.7 Å². The van der Waals surface area contributed by atoms with Crippen LogP contribution < -0.4 is 11.1 Å². The number of nitrogens with two attached hydrogens (primary N) is 1. The Kier molecular flexibility index (Phi) is 4.07. The Hall–Kier alpha value is -1.59. The molecule has 0 aliphatic heterocycles. The normalized spacial score (nSPS) is 10.3. The van der Waals surface area contributed by atoms with E-state index < -0.39 is 0 Å². The third-order valence-corrected chi connectivity index (χ3v) is 3.50. The van der Waals surface area contributed by atoms with Crippen LogP contribution >= 0.6 is 27.5 Å². The van der Waals surface area contributed by atoms with Crippen molar-refractivity contribution in [3.05, 3.63) is 51.1 Å². The highest BCUT2D eigenvalue weighted by Crippen LogP contribution is 2.24. The van der Waals surface area contributed by atoms with Gasteiger partial charge in [-0.3, -0.25) is 4.79 Å². The lowest BCUT2D eigenvalue weighted by molar-refractivity contribution is 0.102. The number of carbonyl (C=O) groups excluding carboxylic acids is 1. The van der Waals surface area contributed by atoms with Crippen molar-refractivity contribution in [1.29, 1.82) is 0 Å². The number of amides is 1. The van der Waals surface area contributed by atoms with Crippen LogP contribution in [0.25, 0.3) is 0 Å². The molecule has 19 heavy (non-hydrogen) atoms. The van der Waals surface area contributed by atoms with Crippen LogP contribution in [0.1, 0.15) is 15.9 Å². The zero-order valence-electron chi connectivity index (χ0n) is 10.1. The summed E-state index contributed by atoms with van der Waals surface area (Å²) in [5, 5.41) is 3.05. The maximum absolute atomic E-state index is 12.1. The summed E-state index contributed by atoms with van der Waals surface area (Å²) in [4.78, 5) is 15.9. The van der Waals surface area contributed by atoms with Crippen molar-refractivity contribution in [3.8, 4) is 0 Å². The first-order valence-electron chi connectivity index (χ1n) is 5.46. The molecule has 0 aliphatic rings. The third-order valence-electron chi connectivity index (χ3n) is 2.50. The molecule has 1 aromatic heterocycles. The molecule has 1 amide bonds. The van der Waals surface area contributed by atoms with E-state index in [0.717, 1.165) is 10.0 Å². The summed E-state index contributed by atoms with van der Waals surface area (Å²) >= 11 is 9.22. The first-order valence-corrected chi connectivity index (χ1v) is 6.63. The molecule has 0 radical (unpaired) electrons. The lowest BCUT2D eigenvalue weighted by Gasteiger charge is -2.08. The second-order valence-electron chi connectivity index (χ2n) is 4.03. The minimum Gasteiger partial charge on any atom is -0.382 e. The zero-order valence-corrected chi connectivity index (χ0v) is 12.4. The highest BCUT2D eigenvalue weighted by molar-refractivity contribution is 9.10. The fourth-order valence-electron chi connectivity index (χ4n) is 1.50. The van der Waals surface area contributed by atoms with Gasteiger partial charge in [-0.1, -0.05) is 17.7 Å². The van der Waals surface area contributed by atoms with Crippen LogP contribution in [0.3, 0.4) is 0 Å². The van der Waals surface area contributed by atoms with E-state index >= 15 is 0 Å². The van der Waals surface area contributed by atoms with Crippen molar-refractivity contribution in [2.75, 3.05) is 11.1 Å². The topological polar surface area (TPSA) is 68.0 Å². The van der Waals surface area contributed by atoms with Gasteiger partial charge in [0.15, 0.2) is 0 Å². The fraction of sp³-hybridized carbons (Fsp3) is 0.0769. The first kappa shape index (κ1) is 13.8. The Balaban J connectivity index is 2.25. The van der Waals surface area contributed by atoms with E-state index in [1.807, 2.05) is 25.1 Å². The Labute approximate surface area is 124 Å². The summed E-state index contributed by atoms with van der Waals surface area (Å²) < 4.78 is 0.806. The van der Waals surface area contributed by atoms with Crippen LogP contribution in [0.2, 0.25) is 5.02 Å². The monoisotopic (exact) mass is 339 g/mol. The van der Waals surface area contributed by atoms with Crippen molar-refractivity contribution in [3.63, 3.8) is 0 Å². The van der Waals surface area contributed by atoms with Crippen LogP contribution in [0.15, 0.2) is 34.9 Å². The van der Waals surface area contributed by atoms with Gasteiger partial charge in [-0.25, -0.2) is 4.98 Å². The third kappa shape index (κ3) is 3.24. The second kappa shape index (κ2) is 5.59. The van der Waals surface area contributed by atoms with Gasteiger partial charge in [-0.05, 0) is 46.6 Å². The molecule has 0 spiro atoms. The van der Waals surface area contributed by atoms with E-state index in [-0.39, 0.29) is 16.7 Å². The summed E-state index contributed by atoms with van der Waals surface area (Å²) in [5.41, 5.74) is 7.60. The van der Waals surface area contributed by atoms with E-state index in [1.165, 1.54) is 12.3 Å². The van der Waals surface area contributed by atoms with Gasteiger partial charge >= 0.3 is 0 Å². The molecule has 0 atom stereocenters. The summed E-state index contributed by atoms with van der Waals surface area (Å²) in [7, 11) is 0. The maximum Gasteiger partial charge on any atom is 0.257 e. The van der Waals surface area contributed by atoms with E-state index in [4.69, 9.17) is 17.3 Å². The molecule has 0 aliphatic carbocycles. The lowest BCUT2D eigenvalue weighted by Crippen LogP contribution is -2.13. The minimum atomic E-state index is -0.291. The molecular weight excluding hydrogens is 330 g/mol. The number of hydrogen-bond acceptors (Lipinski definition) is 3. The molecule has 0 fully saturated rings. The summed E-state index contributed by atoms with van der Waals surface area (Å²) in [6.45, 7) is 1.95. The smallest absolute Gasteiger partial charge is 0.257 e. The number of nitrogens with one attached hydrogen (secondary N) is 1. The van der Waals surface area contributed by atoms with E-state index in [0.29, 0.717) is 11.3 Å². The molecule has 4 nitrogen and oxygen atoms in total. The average Bonchev–Trinajstić information content (AvgIpc) is 2.37. The molecule has 6 heteroatoms. The van der Waals surface area contributed by atoms with E-state index in [1.54, 1.807) is 0 Å². The van der Waals surface area contributed by atoms with Crippen LogP contribution in [0.4, 0.5) is 11.5 Å². The van der Waals surface area contributed by atoms with Gasteiger partial charge in [-0.2, -0.15) is 0 Å². The van der Waals surface area contributed by atoms with Gasteiger partial charge in [0.25, 0.3) is 5.91 Å². The van der Waals surface area contributed by atoms with Crippen molar-refractivity contribution in [2.45, 2.75) is 6.92 Å². The molecule has 1 aromatic carbocycles. The van der Waals surface area contributed by atoms with Crippen LogP contribution in [0.5, 0.6) is 0 Å². The van der Waals surface area contributed by atoms with Gasteiger partial charge < -0.3 is 11.1 Å². The molecule has 2 rings (SSSR count). The SMILES string of the molecule is Cc1ccc(Br)c(NC(=O)c2cnc(N)c(Cl)c2)c1. The highest BCUT2D eigenvalue weighted by Gasteiger charge is 2.10. The molecule has 0 saturated carbocycles. The predicted octanol–water partition coefficient (Wildman–Crippen LogP) is 3.64. The van der Waals surface area contributed by atoms with Crippen LogP contribution in [-0.2, 0) is 0 Å². The minimum absolute atomic E-state index is 0.204. The largest absolute Gasteiger partial charge is 0.382 e. The number of halogens is 2. The molecule has 0 bridgehead atoms. The number of aromatic nitrogens is 1. The summed E-state index contributed by atoms with van der Waals surface area (Å²) in [5.74, 6) is -0.0874. The van der Waals surface area contributed by atoms with Gasteiger partial charge in [0.05, 0.1) is 16.3 Å². The average molecular weight is 341 g/mol. The second-order valence-corrected chi connectivity index (χ2v) is 5.29. The molecule has 0 saturated heterocycles. The number of aryl methyl sites for hydroxylation is 1. The number of pyridine rings is 1. The summed E-state index contributed by atoms with van der Waals surface area (Å²) in [6.07, 6.45) is 1.39. The predicted molar refractivity (Wildman–Crippen MR) is 80.5 cm³/mol. The van der Waals surface area contributed by atoms with Crippen LogP contribution in [0, 0.1) is 6.92 Å². The van der Waals surface area contributed by atoms with E-state index in [2.05, 4.69) is 26.2 Å². The Morgan fingerprint density at radius 2 is 2.16 bits per heavy atom. The standard InChI is InChI=1S/C13H11BrClN3O/c1-7-2-3-9(14)11(4-7)18-13(19)8-5-10(15)12(16)17-6-8/h2-6H,1H3,(H2,16,17)(H,18,19). The zero-order chi connectivity index (χ0) is 14.0. The molecular formula is C13H11BrClN3O. The first-order chi connectivity index (χ1) is 8.97. The lowest BCUT2D eigenvalue weighted by atomic mass is 10.2. The Morgan fingerprint density at radius 3 is 2.84 bits per heavy atom. The molecule has 0 unspecified atom stereocenters. The maximum atomic E-state index is 12.1. The van der Waals surface area contributed by atoms with Crippen LogP contribution in [-0.4, -0.2) is 10.9 Å². The van der Waals surface area contributed by atoms with Crippen molar-refractivity contribution in [1.82, 2.24) is 4.98 Å². The van der Waals surface area contributed by atoms with Crippen molar-refractivity contribution >= 4 is 44.9 Å². The number of carbonyl (C=O) groups is 1. The van der Waals surface area contributed by atoms with Gasteiger partial charge in [0.1, 0.15) is 5.82 Å². The Morgan fingerprint density at radius 1 is 1.42 bits per heavy atom. The fourth-order valence-corrected chi connectivity index (χ4v) is 2.01. The van der Waals surface area contributed by atoms with Crippen molar-refractivity contribution in [2.24, 2.45) is 0 Å². The number of rotatable bonds is 2. The van der Waals surface area contributed by atoms with Crippen molar-refractivity contribution < 1.29 is 4.79 Å². The number of anilines is 2. The van der Waals surface area contributed by atoms with Gasteiger partial charge in [0.2, 0.25) is 0 Å². The van der Waals surface area contributed by atoms with Gasteiger partial charge in [-0.15, -0.1) is 0 Å². The number of nitrogen functional groups attached to an aromatic ring is 1. The Bertz CT molecular complexity index is 646. The van der Waals surface area contributed by atoms with E-state index in [9.17, 15) is 4.79 Å². The highest BCUT2D eigenvalue weighted by atomic mass is 79.9. The quantitative estimate of drug-likeness (QED) is 0.877.